The minimum absolute atomic E-state index is 0.367. The lowest BCUT2D eigenvalue weighted by Crippen LogP contribution is -1.80. The van der Waals surface area contributed by atoms with Crippen molar-refractivity contribution in [2.24, 2.45) is 0 Å². The highest BCUT2D eigenvalue weighted by atomic mass is 19.1. The van der Waals surface area contributed by atoms with Crippen molar-refractivity contribution in [3.63, 3.8) is 0 Å². The van der Waals surface area contributed by atoms with E-state index < -0.39 is 0 Å². The summed E-state index contributed by atoms with van der Waals surface area (Å²) in [6, 6.07) is 6.30. The molecule has 1 heterocycles. The maximum absolute atomic E-state index is 12.8. The van der Waals surface area contributed by atoms with Gasteiger partial charge in [0.05, 0.1) is 11.6 Å². The first kappa shape index (κ1) is 6.86. The molecule has 1 aromatic heterocycles. The van der Waals surface area contributed by atoms with E-state index in [1.54, 1.807) is 12.3 Å². The zero-order valence-electron chi connectivity index (χ0n) is 6.13. The lowest BCUT2D eigenvalue weighted by molar-refractivity contribution is 0.629. The molecule has 0 saturated heterocycles. The standard InChI is InChI=1S/C9H5FN2/c10-7-3-6(5-11)8-1-2-12-9(8)4-7/h1-4,12H. The monoisotopic (exact) mass is 160 g/mol. The van der Waals surface area contributed by atoms with E-state index >= 15 is 0 Å². The Morgan fingerprint density at radius 3 is 3.00 bits per heavy atom. The van der Waals surface area contributed by atoms with Crippen LogP contribution in [0, 0.1) is 17.1 Å². The summed E-state index contributed by atoms with van der Waals surface area (Å²) < 4.78 is 12.8. The quantitative estimate of drug-likeness (QED) is 0.630. The van der Waals surface area contributed by atoms with Crippen molar-refractivity contribution in [3.05, 3.63) is 35.8 Å². The summed E-state index contributed by atoms with van der Waals surface area (Å²) in [7, 11) is 0. The van der Waals surface area contributed by atoms with E-state index in [2.05, 4.69) is 4.98 Å². The molecule has 0 saturated carbocycles. The molecule has 3 heteroatoms. The van der Waals surface area contributed by atoms with Gasteiger partial charge < -0.3 is 4.98 Å². The number of hydrogen-bond donors (Lipinski definition) is 1. The number of rotatable bonds is 0. The highest BCUT2D eigenvalue weighted by molar-refractivity contribution is 5.85. The highest BCUT2D eigenvalue weighted by Crippen LogP contribution is 2.18. The van der Waals surface area contributed by atoms with Gasteiger partial charge in [0, 0.05) is 17.1 Å². The van der Waals surface area contributed by atoms with Gasteiger partial charge in [0.25, 0.3) is 0 Å². The van der Waals surface area contributed by atoms with Gasteiger partial charge in [-0.05, 0) is 18.2 Å². The summed E-state index contributed by atoms with van der Waals surface area (Å²) in [5.41, 5.74) is 1.03. The molecule has 0 fully saturated rings. The van der Waals surface area contributed by atoms with Gasteiger partial charge in [-0.3, -0.25) is 0 Å². The molecule has 0 spiro atoms. The second-order valence-electron chi connectivity index (χ2n) is 2.50. The van der Waals surface area contributed by atoms with E-state index in [9.17, 15) is 4.39 Å². The minimum Gasteiger partial charge on any atom is -0.361 e. The SMILES string of the molecule is N#Cc1cc(F)cc2[nH]ccc12. The molecule has 0 aliphatic heterocycles. The normalized spacial score (nSPS) is 10.0. The summed E-state index contributed by atoms with van der Waals surface area (Å²) in [4.78, 5) is 2.84. The van der Waals surface area contributed by atoms with Gasteiger partial charge >= 0.3 is 0 Å². The van der Waals surface area contributed by atoms with Crippen LogP contribution in [0.4, 0.5) is 4.39 Å². The number of benzene rings is 1. The van der Waals surface area contributed by atoms with Crippen molar-refractivity contribution in [2.75, 3.05) is 0 Å². The first-order valence-electron chi connectivity index (χ1n) is 3.48. The molecule has 1 N–H and O–H groups in total. The maximum atomic E-state index is 12.8. The largest absolute Gasteiger partial charge is 0.361 e. The van der Waals surface area contributed by atoms with Crippen LogP contribution in [0.1, 0.15) is 5.56 Å². The molecular formula is C9H5FN2. The Balaban J connectivity index is 2.91. The predicted octanol–water partition coefficient (Wildman–Crippen LogP) is 2.18. The van der Waals surface area contributed by atoms with Crippen molar-refractivity contribution in [1.82, 2.24) is 4.98 Å². The van der Waals surface area contributed by atoms with Crippen LogP contribution in [-0.2, 0) is 0 Å². The molecule has 0 amide bonds. The Bertz CT molecular complexity index is 465. The molecule has 0 radical (unpaired) electrons. The van der Waals surface area contributed by atoms with Gasteiger partial charge in [-0.1, -0.05) is 0 Å². The van der Waals surface area contributed by atoms with Crippen molar-refractivity contribution in [2.45, 2.75) is 0 Å². The maximum Gasteiger partial charge on any atom is 0.126 e. The van der Waals surface area contributed by atoms with Gasteiger partial charge in [-0.2, -0.15) is 5.26 Å². The Morgan fingerprint density at radius 2 is 2.25 bits per heavy atom. The molecule has 0 atom stereocenters. The van der Waals surface area contributed by atoms with E-state index in [0.29, 0.717) is 11.1 Å². The van der Waals surface area contributed by atoms with Crippen molar-refractivity contribution < 1.29 is 4.39 Å². The molecular weight excluding hydrogens is 155 g/mol. The highest BCUT2D eigenvalue weighted by Gasteiger charge is 2.03. The number of H-pyrrole nitrogens is 1. The number of nitrogens with zero attached hydrogens (tertiary/aromatic N) is 1. The Morgan fingerprint density at radius 1 is 1.42 bits per heavy atom. The summed E-state index contributed by atoms with van der Waals surface area (Å²) >= 11 is 0. The summed E-state index contributed by atoms with van der Waals surface area (Å²) in [5.74, 6) is -0.387. The molecule has 0 bridgehead atoms. The molecule has 58 valence electrons. The third-order valence-corrected chi connectivity index (χ3v) is 1.75. The first-order valence-corrected chi connectivity index (χ1v) is 3.48. The summed E-state index contributed by atoms with van der Waals surface area (Å²) in [5, 5.41) is 9.41. The zero-order valence-corrected chi connectivity index (χ0v) is 6.13. The second kappa shape index (κ2) is 2.35. The van der Waals surface area contributed by atoms with Gasteiger partial charge in [0.15, 0.2) is 0 Å². The topological polar surface area (TPSA) is 39.6 Å². The van der Waals surface area contributed by atoms with Gasteiger partial charge in [0.2, 0.25) is 0 Å². The molecule has 0 unspecified atom stereocenters. The average Bonchev–Trinajstić information content (AvgIpc) is 2.50. The van der Waals surface area contributed by atoms with E-state index in [1.165, 1.54) is 12.1 Å². The van der Waals surface area contributed by atoms with Crippen LogP contribution in [0.3, 0.4) is 0 Å². The molecule has 2 rings (SSSR count). The number of nitrogens with one attached hydrogen (secondary N) is 1. The van der Waals surface area contributed by atoms with Crippen LogP contribution in [0.25, 0.3) is 10.9 Å². The van der Waals surface area contributed by atoms with E-state index in [4.69, 9.17) is 5.26 Å². The number of hydrogen-bond acceptors (Lipinski definition) is 1. The van der Waals surface area contributed by atoms with Crippen LogP contribution in [0.5, 0.6) is 0 Å². The molecule has 12 heavy (non-hydrogen) atoms. The third kappa shape index (κ3) is 0.857. The fraction of sp³-hybridized carbons (Fsp3) is 0. The van der Waals surface area contributed by atoms with Crippen LogP contribution >= 0.6 is 0 Å². The fourth-order valence-corrected chi connectivity index (χ4v) is 1.22. The number of fused-ring (bicyclic) bond motifs is 1. The smallest absolute Gasteiger partial charge is 0.126 e. The predicted molar refractivity (Wildman–Crippen MR) is 43.0 cm³/mol. The number of aromatic amines is 1. The Hall–Kier alpha value is -1.82. The number of nitriles is 1. The van der Waals surface area contributed by atoms with E-state index in [1.807, 2.05) is 6.07 Å². The Kier molecular flexibility index (Phi) is 1.34. The minimum atomic E-state index is -0.387. The molecule has 1 aromatic carbocycles. The average molecular weight is 160 g/mol. The first-order chi connectivity index (χ1) is 5.81. The summed E-state index contributed by atoms with van der Waals surface area (Å²) in [6.45, 7) is 0. The van der Waals surface area contributed by atoms with E-state index in [0.717, 1.165) is 5.39 Å². The number of halogens is 1. The van der Waals surface area contributed by atoms with Gasteiger partial charge in [-0.25, -0.2) is 4.39 Å². The van der Waals surface area contributed by atoms with Crippen LogP contribution in [-0.4, -0.2) is 4.98 Å². The van der Waals surface area contributed by atoms with Crippen molar-refractivity contribution >= 4 is 10.9 Å². The summed E-state index contributed by atoms with van der Waals surface area (Å²) in [6.07, 6.45) is 1.69. The molecule has 2 nitrogen and oxygen atoms in total. The lowest BCUT2D eigenvalue weighted by atomic mass is 10.1. The molecule has 0 aliphatic rings. The lowest BCUT2D eigenvalue weighted by Gasteiger charge is -1.93. The van der Waals surface area contributed by atoms with Gasteiger partial charge in [0.1, 0.15) is 5.82 Å². The zero-order chi connectivity index (χ0) is 8.55. The Labute approximate surface area is 68.2 Å². The van der Waals surface area contributed by atoms with Crippen molar-refractivity contribution in [1.29, 1.82) is 5.26 Å². The van der Waals surface area contributed by atoms with Gasteiger partial charge in [-0.15, -0.1) is 0 Å². The van der Waals surface area contributed by atoms with Crippen LogP contribution in [0.2, 0.25) is 0 Å². The molecule has 0 aliphatic carbocycles. The van der Waals surface area contributed by atoms with E-state index in [-0.39, 0.29) is 5.82 Å². The van der Waals surface area contributed by atoms with Crippen LogP contribution < -0.4 is 0 Å². The molecule has 2 aromatic rings. The fourth-order valence-electron chi connectivity index (χ4n) is 1.22. The number of aromatic nitrogens is 1. The third-order valence-electron chi connectivity index (χ3n) is 1.75. The van der Waals surface area contributed by atoms with Crippen molar-refractivity contribution in [3.8, 4) is 6.07 Å². The second-order valence-corrected chi connectivity index (χ2v) is 2.50. The van der Waals surface area contributed by atoms with Crippen LogP contribution in [0.15, 0.2) is 24.4 Å².